The Labute approximate surface area is 187 Å². The Morgan fingerprint density at radius 1 is 1.12 bits per heavy atom. The molecule has 0 radical (unpaired) electrons. The van der Waals surface area contributed by atoms with Gasteiger partial charge in [-0.05, 0) is 12.5 Å². The van der Waals surface area contributed by atoms with Gasteiger partial charge in [-0.1, -0.05) is 30.3 Å². The number of amides is 1. The van der Waals surface area contributed by atoms with Gasteiger partial charge in [-0.2, -0.15) is 0 Å². The summed E-state index contributed by atoms with van der Waals surface area (Å²) in [4.78, 5) is 38.1. The predicted molar refractivity (Wildman–Crippen MR) is 116 cm³/mol. The van der Waals surface area contributed by atoms with E-state index in [0.717, 1.165) is 32.0 Å². The van der Waals surface area contributed by atoms with Crippen LogP contribution >= 0.6 is 0 Å². The fourth-order valence-electron chi connectivity index (χ4n) is 3.98. The van der Waals surface area contributed by atoms with Crippen LogP contribution in [0.4, 0.5) is 0 Å². The number of hydrogen-bond donors (Lipinski definition) is 2. The standard InChI is InChI=1S/C20H26N4O2.2CH2O2/c1-16-21-8-9-23(16)11-10-22-14-18-19(15-22)26-12-7-20(25)24(18)13-17-5-3-2-4-6-17;2*2-1-3/h2-6,8-9,18-19H,7,10-15H2,1H3;2*1H,(H,2,3)/t18-,19-;;/m0../s1. The normalized spacial score (nSPS) is 20.2. The third kappa shape index (κ3) is 7.17. The summed E-state index contributed by atoms with van der Waals surface area (Å²) >= 11 is 0. The largest absolute Gasteiger partial charge is 0.483 e. The highest BCUT2D eigenvalue weighted by Gasteiger charge is 2.41. The summed E-state index contributed by atoms with van der Waals surface area (Å²) < 4.78 is 8.20. The number of fused-ring (bicyclic) bond motifs is 1. The molecule has 1 aromatic carbocycles. The minimum atomic E-state index is -0.250. The van der Waals surface area contributed by atoms with Crippen molar-refractivity contribution < 1.29 is 29.3 Å². The van der Waals surface area contributed by atoms with Crippen molar-refractivity contribution in [2.24, 2.45) is 0 Å². The minimum Gasteiger partial charge on any atom is -0.483 e. The Kier molecular flexibility index (Phi) is 10.3. The zero-order valence-electron chi connectivity index (χ0n) is 18.1. The number of ether oxygens (including phenoxy) is 1. The van der Waals surface area contributed by atoms with Gasteiger partial charge in [0.2, 0.25) is 5.91 Å². The molecular formula is C22H30N4O6. The Morgan fingerprint density at radius 3 is 2.44 bits per heavy atom. The highest BCUT2D eigenvalue weighted by atomic mass is 16.5. The summed E-state index contributed by atoms with van der Waals surface area (Å²) in [6.45, 7) is 6.34. The second kappa shape index (κ2) is 13.2. The second-order valence-corrected chi connectivity index (χ2v) is 7.37. The maximum absolute atomic E-state index is 12.7. The van der Waals surface area contributed by atoms with Crippen LogP contribution in [0.1, 0.15) is 17.8 Å². The van der Waals surface area contributed by atoms with Crippen LogP contribution < -0.4 is 0 Å². The van der Waals surface area contributed by atoms with Crippen LogP contribution in [-0.4, -0.2) is 86.8 Å². The average molecular weight is 447 g/mol. The van der Waals surface area contributed by atoms with E-state index >= 15 is 0 Å². The van der Waals surface area contributed by atoms with Gasteiger partial charge in [-0.3, -0.25) is 19.3 Å². The van der Waals surface area contributed by atoms with Gasteiger partial charge in [0, 0.05) is 45.1 Å². The zero-order chi connectivity index (χ0) is 23.3. The maximum Gasteiger partial charge on any atom is 0.290 e. The summed E-state index contributed by atoms with van der Waals surface area (Å²) in [6.07, 6.45) is 4.44. The topological polar surface area (TPSA) is 125 Å². The lowest BCUT2D eigenvalue weighted by Gasteiger charge is -2.30. The molecule has 174 valence electrons. The van der Waals surface area contributed by atoms with Gasteiger partial charge < -0.3 is 24.4 Å². The van der Waals surface area contributed by atoms with Crippen LogP contribution in [0.15, 0.2) is 42.7 Å². The smallest absolute Gasteiger partial charge is 0.290 e. The molecule has 2 fully saturated rings. The Hall–Kier alpha value is -3.24. The molecule has 0 aliphatic carbocycles. The first-order chi connectivity index (χ1) is 15.5. The van der Waals surface area contributed by atoms with Gasteiger partial charge in [0.15, 0.2) is 0 Å². The SMILES string of the molecule is Cc1nccn1CCN1C[C@@H]2OCCC(=O)N(Cc3ccccc3)[C@H]2C1.O=CO.O=CO. The average Bonchev–Trinajstić information content (AvgIpc) is 3.34. The molecule has 3 heterocycles. The van der Waals surface area contributed by atoms with Crippen molar-refractivity contribution in [3.05, 3.63) is 54.1 Å². The zero-order valence-corrected chi connectivity index (χ0v) is 18.1. The number of aryl methyl sites for hydroxylation is 1. The van der Waals surface area contributed by atoms with Crippen molar-refractivity contribution in [2.75, 3.05) is 26.2 Å². The quantitative estimate of drug-likeness (QED) is 0.654. The number of nitrogens with zero attached hydrogens (tertiary/aromatic N) is 4. The van der Waals surface area contributed by atoms with Gasteiger partial charge in [0.1, 0.15) is 5.82 Å². The molecule has 1 aromatic heterocycles. The summed E-state index contributed by atoms with van der Waals surface area (Å²) in [7, 11) is 0. The molecule has 0 unspecified atom stereocenters. The fourth-order valence-corrected chi connectivity index (χ4v) is 3.98. The molecule has 2 aromatic rings. The molecule has 2 N–H and O–H groups in total. The van der Waals surface area contributed by atoms with E-state index in [1.807, 2.05) is 42.4 Å². The van der Waals surface area contributed by atoms with E-state index in [2.05, 4.69) is 26.6 Å². The molecule has 10 heteroatoms. The second-order valence-electron chi connectivity index (χ2n) is 7.37. The van der Waals surface area contributed by atoms with E-state index in [0.29, 0.717) is 19.6 Å². The first kappa shape index (κ1) is 25.0. The van der Waals surface area contributed by atoms with Crippen molar-refractivity contribution in [2.45, 2.75) is 38.6 Å². The van der Waals surface area contributed by atoms with E-state index in [4.69, 9.17) is 24.5 Å². The Bertz CT molecular complexity index is 838. The Morgan fingerprint density at radius 2 is 1.81 bits per heavy atom. The monoisotopic (exact) mass is 446 g/mol. The molecule has 2 aliphatic rings. The van der Waals surface area contributed by atoms with Crippen LogP contribution in [-0.2, 0) is 32.2 Å². The van der Waals surface area contributed by atoms with Crippen LogP contribution in [0.2, 0.25) is 0 Å². The number of aromatic nitrogens is 2. The lowest BCUT2D eigenvalue weighted by Crippen LogP contribution is -2.45. The molecule has 2 atom stereocenters. The number of hydrogen-bond acceptors (Lipinski definition) is 6. The summed E-state index contributed by atoms with van der Waals surface area (Å²) in [5.41, 5.74) is 1.17. The number of carbonyl (C=O) groups is 3. The van der Waals surface area contributed by atoms with Crippen molar-refractivity contribution in [3.63, 3.8) is 0 Å². The summed E-state index contributed by atoms with van der Waals surface area (Å²) in [5.74, 6) is 1.24. The van der Waals surface area contributed by atoms with Gasteiger partial charge in [-0.25, -0.2) is 4.98 Å². The van der Waals surface area contributed by atoms with Gasteiger partial charge in [-0.15, -0.1) is 0 Å². The minimum absolute atomic E-state index is 0.106. The van der Waals surface area contributed by atoms with Crippen molar-refractivity contribution in [3.8, 4) is 0 Å². The molecule has 32 heavy (non-hydrogen) atoms. The fraction of sp³-hybridized carbons (Fsp3) is 0.455. The molecule has 0 bridgehead atoms. The molecule has 2 aliphatic heterocycles. The molecule has 4 rings (SSSR count). The summed E-state index contributed by atoms with van der Waals surface area (Å²) in [5, 5.41) is 13.8. The van der Waals surface area contributed by atoms with E-state index in [9.17, 15) is 4.79 Å². The molecule has 10 nitrogen and oxygen atoms in total. The highest BCUT2D eigenvalue weighted by Crippen LogP contribution is 2.25. The van der Waals surface area contributed by atoms with Gasteiger partial charge >= 0.3 is 0 Å². The Balaban J connectivity index is 0.000000547. The predicted octanol–water partition coefficient (Wildman–Crippen LogP) is 1.10. The molecule has 2 saturated heterocycles. The number of carbonyl (C=O) groups excluding carboxylic acids is 1. The third-order valence-electron chi connectivity index (χ3n) is 5.46. The van der Waals surface area contributed by atoms with Crippen LogP contribution in [0.3, 0.4) is 0 Å². The number of imidazole rings is 1. The van der Waals surface area contributed by atoms with Crippen molar-refractivity contribution in [1.29, 1.82) is 0 Å². The number of likely N-dealkylation sites (tertiary alicyclic amines) is 1. The van der Waals surface area contributed by atoms with Gasteiger partial charge in [0.25, 0.3) is 12.9 Å². The lowest BCUT2D eigenvalue weighted by molar-refractivity contribution is -0.133. The summed E-state index contributed by atoms with van der Waals surface area (Å²) in [6, 6.07) is 10.4. The molecule has 1 amide bonds. The van der Waals surface area contributed by atoms with E-state index in [-0.39, 0.29) is 31.0 Å². The molecular weight excluding hydrogens is 416 g/mol. The third-order valence-corrected chi connectivity index (χ3v) is 5.46. The first-order valence-corrected chi connectivity index (χ1v) is 10.3. The maximum atomic E-state index is 12.7. The van der Waals surface area contributed by atoms with E-state index in [1.54, 1.807) is 0 Å². The van der Waals surface area contributed by atoms with E-state index < -0.39 is 0 Å². The number of carboxylic acid groups (broad SMARTS) is 2. The van der Waals surface area contributed by atoms with Crippen LogP contribution in [0.5, 0.6) is 0 Å². The van der Waals surface area contributed by atoms with Crippen molar-refractivity contribution >= 4 is 18.9 Å². The van der Waals surface area contributed by atoms with Gasteiger partial charge in [0.05, 0.1) is 25.2 Å². The first-order valence-electron chi connectivity index (χ1n) is 10.3. The van der Waals surface area contributed by atoms with Crippen LogP contribution in [0, 0.1) is 6.92 Å². The van der Waals surface area contributed by atoms with Crippen molar-refractivity contribution in [1.82, 2.24) is 19.4 Å². The lowest BCUT2D eigenvalue weighted by atomic mass is 10.1. The highest BCUT2D eigenvalue weighted by molar-refractivity contribution is 5.77. The van der Waals surface area contributed by atoms with Crippen LogP contribution in [0.25, 0.3) is 0 Å². The molecule has 0 saturated carbocycles. The van der Waals surface area contributed by atoms with E-state index in [1.165, 1.54) is 5.56 Å². The number of benzene rings is 1. The molecule has 0 spiro atoms. The number of rotatable bonds is 5.